The number of aromatic nitrogens is 2. The molecule has 5 heteroatoms. The maximum atomic E-state index is 9.31. The average molecular weight is 290 g/mol. The van der Waals surface area contributed by atoms with E-state index in [1.807, 2.05) is 18.2 Å². The number of rotatable bonds is 9. The molecule has 2 aromatic heterocycles. The lowest BCUT2D eigenvalue weighted by atomic mass is 10.3. The monoisotopic (exact) mass is 290 g/mol. The number of hydrogen-bond acceptors (Lipinski definition) is 4. The Morgan fingerprint density at radius 3 is 2.81 bits per heavy atom. The molecule has 0 aromatic carbocycles. The van der Waals surface area contributed by atoms with Crippen LogP contribution in [0.1, 0.15) is 32.4 Å². The van der Waals surface area contributed by atoms with E-state index in [0.717, 1.165) is 43.9 Å². The summed E-state index contributed by atoms with van der Waals surface area (Å²) in [6, 6.07) is 6.06. The van der Waals surface area contributed by atoms with Gasteiger partial charge in [-0.2, -0.15) is 0 Å². The molecule has 0 amide bonds. The Bertz CT molecular complexity index is 546. The summed E-state index contributed by atoms with van der Waals surface area (Å²) < 4.78 is 2.14. The molecule has 0 bridgehead atoms. The highest BCUT2D eigenvalue weighted by Gasteiger charge is 2.17. The van der Waals surface area contributed by atoms with E-state index in [1.165, 1.54) is 5.69 Å². The van der Waals surface area contributed by atoms with E-state index in [0.29, 0.717) is 6.54 Å². The SMILES string of the molecule is CCCNCc1c(N(CCC)CCO)nc2ccccn12. The van der Waals surface area contributed by atoms with Gasteiger partial charge in [-0.1, -0.05) is 19.9 Å². The lowest BCUT2D eigenvalue weighted by molar-refractivity contribution is 0.301. The minimum atomic E-state index is 0.149. The maximum Gasteiger partial charge on any atom is 0.152 e. The highest BCUT2D eigenvalue weighted by molar-refractivity contribution is 5.56. The van der Waals surface area contributed by atoms with Crippen LogP contribution in [0, 0.1) is 0 Å². The van der Waals surface area contributed by atoms with Crippen LogP contribution < -0.4 is 10.2 Å². The molecule has 116 valence electrons. The van der Waals surface area contributed by atoms with Gasteiger partial charge in [-0.25, -0.2) is 4.98 Å². The van der Waals surface area contributed by atoms with Gasteiger partial charge >= 0.3 is 0 Å². The molecule has 5 nitrogen and oxygen atoms in total. The van der Waals surface area contributed by atoms with Crippen molar-refractivity contribution >= 4 is 11.5 Å². The molecule has 0 saturated carbocycles. The first-order valence-electron chi connectivity index (χ1n) is 7.84. The van der Waals surface area contributed by atoms with E-state index in [1.54, 1.807) is 0 Å². The molecular weight excluding hydrogens is 264 g/mol. The second-order valence-corrected chi connectivity index (χ2v) is 5.20. The number of aliphatic hydroxyl groups is 1. The summed E-state index contributed by atoms with van der Waals surface area (Å²) >= 11 is 0. The van der Waals surface area contributed by atoms with Crippen molar-refractivity contribution in [3.05, 3.63) is 30.1 Å². The zero-order chi connectivity index (χ0) is 15.1. The van der Waals surface area contributed by atoms with Gasteiger partial charge in [0.2, 0.25) is 0 Å². The fourth-order valence-electron chi connectivity index (χ4n) is 2.55. The van der Waals surface area contributed by atoms with Gasteiger partial charge in [0.05, 0.1) is 12.3 Å². The Hall–Kier alpha value is -1.59. The third-order valence-electron chi connectivity index (χ3n) is 3.49. The number of nitrogens with one attached hydrogen (secondary N) is 1. The minimum Gasteiger partial charge on any atom is -0.395 e. The van der Waals surface area contributed by atoms with Crippen LogP contribution in [0.15, 0.2) is 24.4 Å². The minimum absolute atomic E-state index is 0.149. The number of fused-ring (bicyclic) bond motifs is 1. The standard InChI is InChI=1S/C16H26N4O/c1-3-8-17-13-14-16(19(9-4-2)11-12-21)18-15-7-5-6-10-20(14)15/h5-7,10,17,21H,3-4,8-9,11-13H2,1-2H3. The first-order chi connectivity index (χ1) is 10.3. The molecule has 2 aromatic rings. The van der Waals surface area contributed by atoms with Crippen molar-refractivity contribution in [2.24, 2.45) is 0 Å². The molecule has 0 atom stereocenters. The van der Waals surface area contributed by atoms with Crippen molar-refractivity contribution in [3.8, 4) is 0 Å². The van der Waals surface area contributed by atoms with Gasteiger partial charge in [0, 0.05) is 25.8 Å². The summed E-state index contributed by atoms with van der Waals surface area (Å²) in [5.41, 5.74) is 2.13. The van der Waals surface area contributed by atoms with E-state index in [-0.39, 0.29) is 6.61 Å². The number of anilines is 1. The molecule has 2 rings (SSSR count). The van der Waals surface area contributed by atoms with Gasteiger partial charge in [0.25, 0.3) is 0 Å². The fraction of sp³-hybridized carbons (Fsp3) is 0.562. The molecule has 0 aliphatic heterocycles. The smallest absolute Gasteiger partial charge is 0.152 e. The van der Waals surface area contributed by atoms with Gasteiger partial charge in [0.1, 0.15) is 5.65 Å². The van der Waals surface area contributed by atoms with E-state index in [2.05, 4.69) is 34.7 Å². The molecule has 2 heterocycles. The lowest BCUT2D eigenvalue weighted by Crippen LogP contribution is -2.29. The van der Waals surface area contributed by atoms with E-state index in [9.17, 15) is 5.11 Å². The third kappa shape index (κ3) is 3.74. The second-order valence-electron chi connectivity index (χ2n) is 5.20. The number of pyridine rings is 1. The van der Waals surface area contributed by atoms with E-state index in [4.69, 9.17) is 4.98 Å². The fourth-order valence-corrected chi connectivity index (χ4v) is 2.55. The van der Waals surface area contributed by atoms with E-state index < -0.39 is 0 Å². The molecule has 0 unspecified atom stereocenters. The summed E-state index contributed by atoms with van der Waals surface area (Å²) in [6.07, 6.45) is 4.20. The quantitative estimate of drug-likeness (QED) is 0.694. The van der Waals surface area contributed by atoms with Crippen molar-refractivity contribution < 1.29 is 5.11 Å². The third-order valence-corrected chi connectivity index (χ3v) is 3.49. The van der Waals surface area contributed by atoms with Crippen LogP contribution in [0.3, 0.4) is 0 Å². The van der Waals surface area contributed by atoms with Crippen LogP contribution in [0.25, 0.3) is 5.65 Å². The Morgan fingerprint density at radius 1 is 1.24 bits per heavy atom. The molecule has 0 fully saturated rings. The van der Waals surface area contributed by atoms with Crippen molar-refractivity contribution in [2.75, 3.05) is 31.1 Å². The predicted molar refractivity (Wildman–Crippen MR) is 86.8 cm³/mol. The summed E-state index contributed by atoms with van der Waals surface area (Å²) in [4.78, 5) is 6.94. The van der Waals surface area contributed by atoms with Crippen LogP contribution in [0.4, 0.5) is 5.82 Å². The highest BCUT2D eigenvalue weighted by Crippen LogP contribution is 2.22. The van der Waals surface area contributed by atoms with Crippen molar-refractivity contribution in [1.29, 1.82) is 0 Å². The molecule has 0 aliphatic rings. The Kier molecular flexibility index (Phi) is 6.02. The first-order valence-corrected chi connectivity index (χ1v) is 7.84. The molecule has 0 saturated heterocycles. The van der Waals surface area contributed by atoms with Gasteiger partial charge in [-0.15, -0.1) is 0 Å². The van der Waals surface area contributed by atoms with Crippen molar-refractivity contribution in [2.45, 2.75) is 33.2 Å². The first kappa shape index (κ1) is 15.8. The molecule has 0 spiro atoms. The van der Waals surface area contributed by atoms with Crippen molar-refractivity contribution in [3.63, 3.8) is 0 Å². The van der Waals surface area contributed by atoms with Gasteiger partial charge in [-0.05, 0) is 31.5 Å². The Morgan fingerprint density at radius 2 is 2.10 bits per heavy atom. The van der Waals surface area contributed by atoms with E-state index >= 15 is 0 Å². The second kappa shape index (κ2) is 8.00. The number of nitrogens with zero attached hydrogens (tertiary/aromatic N) is 3. The Balaban J connectivity index is 2.36. The zero-order valence-corrected chi connectivity index (χ0v) is 13.0. The number of hydrogen-bond donors (Lipinski definition) is 2. The largest absolute Gasteiger partial charge is 0.395 e. The highest BCUT2D eigenvalue weighted by atomic mass is 16.3. The zero-order valence-electron chi connectivity index (χ0n) is 13.0. The molecule has 0 aliphatic carbocycles. The molecule has 0 radical (unpaired) electrons. The number of imidazole rings is 1. The van der Waals surface area contributed by atoms with Crippen LogP contribution in [0.5, 0.6) is 0 Å². The van der Waals surface area contributed by atoms with Crippen LogP contribution in [0.2, 0.25) is 0 Å². The Labute approximate surface area is 126 Å². The van der Waals surface area contributed by atoms with Gasteiger partial charge in [0.15, 0.2) is 5.82 Å². The summed E-state index contributed by atoms with van der Waals surface area (Å²) in [6.45, 7) is 7.78. The predicted octanol–water partition coefficient (Wildman–Crippen LogP) is 2.04. The number of aliphatic hydroxyl groups excluding tert-OH is 1. The summed E-state index contributed by atoms with van der Waals surface area (Å²) in [7, 11) is 0. The summed E-state index contributed by atoms with van der Waals surface area (Å²) in [5, 5.41) is 12.8. The topological polar surface area (TPSA) is 52.8 Å². The van der Waals surface area contributed by atoms with Crippen molar-refractivity contribution in [1.82, 2.24) is 14.7 Å². The summed E-state index contributed by atoms with van der Waals surface area (Å²) in [5.74, 6) is 0.987. The average Bonchev–Trinajstić information content (AvgIpc) is 2.86. The lowest BCUT2D eigenvalue weighted by Gasteiger charge is -2.22. The van der Waals surface area contributed by atoms with Crippen LogP contribution in [-0.2, 0) is 6.54 Å². The van der Waals surface area contributed by atoms with Crippen LogP contribution >= 0.6 is 0 Å². The molecule has 2 N–H and O–H groups in total. The van der Waals surface area contributed by atoms with Gasteiger partial charge in [-0.3, -0.25) is 0 Å². The van der Waals surface area contributed by atoms with Gasteiger partial charge < -0.3 is 19.7 Å². The maximum absolute atomic E-state index is 9.31. The molecular formula is C16H26N4O. The normalized spacial score (nSPS) is 11.2. The molecule has 21 heavy (non-hydrogen) atoms. The van der Waals surface area contributed by atoms with Crippen LogP contribution in [-0.4, -0.2) is 40.7 Å².